The smallest absolute Gasteiger partial charge is 0.116 e. The third kappa shape index (κ3) is 4.34. The van der Waals surface area contributed by atoms with E-state index in [0.717, 1.165) is 22.2 Å². The van der Waals surface area contributed by atoms with Gasteiger partial charge in [-0.15, -0.1) is 0 Å². The van der Waals surface area contributed by atoms with Crippen LogP contribution in [0.4, 0.5) is 0 Å². The van der Waals surface area contributed by atoms with E-state index in [1.165, 1.54) is 66.8 Å². The molecule has 0 fully saturated rings. The van der Waals surface area contributed by atoms with Gasteiger partial charge < -0.3 is 0 Å². The van der Waals surface area contributed by atoms with Crippen LogP contribution in [0.2, 0.25) is 0 Å². The zero-order valence-corrected chi connectivity index (χ0v) is 25.2. The average molecular weight is 565 g/mol. The SMILES string of the molecule is Cc1cc(-c2ccc3c(c2)-c2ccccc2-c2ccccc2-c2ccccc2-3)cc(-c2ncnc3cc(C(C)C)ccc23)c1. The number of hydrogen-bond acceptors (Lipinski definition) is 2. The zero-order valence-electron chi connectivity index (χ0n) is 25.2. The van der Waals surface area contributed by atoms with Crippen molar-refractivity contribution in [3.8, 4) is 66.9 Å². The van der Waals surface area contributed by atoms with Crippen molar-refractivity contribution in [1.29, 1.82) is 0 Å². The fourth-order valence-corrected chi connectivity index (χ4v) is 6.79. The molecule has 6 aromatic carbocycles. The fraction of sp³-hybridized carbons (Fsp3) is 0.0952. The van der Waals surface area contributed by atoms with Crippen molar-refractivity contribution in [2.24, 2.45) is 0 Å². The molecule has 0 saturated carbocycles. The first-order chi connectivity index (χ1) is 21.5. The Labute approximate surface area is 258 Å². The largest absolute Gasteiger partial charge is 0.236 e. The number of nitrogens with zero attached hydrogens (tertiary/aromatic N) is 2. The standard InChI is InChI=1S/C42H32N2/c1-26(2)28-16-19-39-41(24-28)43-25-44-42(39)31-21-27(3)20-30(22-31)29-17-18-38-36-14-7-6-12-34(36)32-10-4-5-11-33(32)35-13-8-9-15-37(35)40(38)23-29/h4-26H,1-3H3. The molecule has 1 aliphatic carbocycles. The molecule has 44 heavy (non-hydrogen) atoms. The minimum atomic E-state index is 0.450. The van der Waals surface area contributed by atoms with E-state index in [2.05, 4.69) is 153 Å². The van der Waals surface area contributed by atoms with Crippen LogP contribution in [0.1, 0.15) is 30.9 Å². The number of aromatic nitrogens is 2. The van der Waals surface area contributed by atoms with Crippen LogP contribution in [0.25, 0.3) is 77.8 Å². The van der Waals surface area contributed by atoms with Crippen molar-refractivity contribution in [3.05, 3.63) is 145 Å². The second-order valence-corrected chi connectivity index (χ2v) is 12.1. The van der Waals surface area contributed by atoms with E-state index >= 15 is 0 Å². The molecule has 0 aliphatic heterocycles. The van der Waals surface area contributed by atoms with Crippen LogP contribution < -0.4 is 0 Å². The third-order valence-electron chi connectivity index (χ3n) is 8.97. The lowest BCUT2D eigenvalue weighted by Gasteiger charge is -2.23. The van der Waals surface area contributed by atoms with Crippen LogP contribution in [0.3, 0.4) is 0 Å². The summed E-state index contributed by atoms with van der Waals surface area (Å²) in [5, 5.41) is 1.08. The molecule has 2 heteroatoms. The van der Waals surface area contributed by atoms with Gasteiger partial charge in [0.15, 0.2) is 0 Å². The molecule has 0 radical (unpaired) electrons. The quantitative estimate of drug-likeness (QED) is 0.213. The number of rotatable bonds is 3. The average Bonchev–Trinajstić information content (AvgIpc) is 3.06. The Morgan fingerprint density at radius 1 is 0.455 bits per heavy atom. The van der Waals surface area contributed by atoms with Gasteiger partial charge in [-0.2, -0.15) is 0 Å². The summed E-state index contributed by atoms with van der Waals surface area (Å²) in [6, 6.07) is 46.8. The first-order valence-corrected chi connectivity index (χ1v) is 15.3. The summed E-state index contributed by atoms with van der Waals surface area (Å²) in [5.74, 6) is 0.450. The number of benzene rings is 6. The molecule has 1 aromatic heterocycles. The highest BCUT2D eigenvalue weighted by atomic mass is 14.8. The van der Waals surface area contributed by atoms with Crippen LogP contribution >= 0.6 is 0 Å². The van der Waals surface area contributed by atoms with E-state index < -0.39 is 0 Å². The lowest BCUT2D eigenvalue weighted by molar-refractivity contribution is 0.868. The Kier molecular flexibility index (Phi) is 6.23. The molecule has 210 valence electrons. The van der Waals surface area contributed by atoms with E-state index in [4.69, 9.17) is 4.98 Å². The van der Waals surface area contributed by atoms with Crippen molar-refractivity contribution in [2.75, 3.05) is 0 Å². The summed E-state index contributed by atoms with van der Waals surface area (Å²) in [4.78, 5) is 9.41. The van der Waals surface area contributed by atoms with Gasteiger partial charge in [0, 0.05) is 10.9 Å². The Hall–Kier alpha value is -5.34. The lowest BCUT2D eigenvalue weighted by atomic mass is 9.80. The summed E-state index contributed by atoms with van der Waals surface area (Å²) in [6.45, 7) is 6.60. The Morgan fingerprint density at radius 2 is 1.00 bits per heavy atom. The number of aryl methyl sites for hydroxylation is 1. The number of fused-ring (bicyclic) bond motifs is 9. The predicted octanol–water partition coefficient (Wildman–Crippen LogP) is 11.4. The third-order valence-corrected chi connectivity index (χ3v) is 8.97. The Bertz CT molecular complexity index is 2220. The van der Waals surface area contributed by atoms with Crippen LogP contribution in [-0.4, -0.2) is 9.97 Å². The monoisotopic (exact) mass is 564 g/mol. The van der Waals surface area contributed by atoms with Crippen molar-refractivity contribution >= 4 is 10.9 Å². The van der Waals surface area contributed by atoms with Gasteiger partial charge in [0.05, 0.1) is 11.2 Å². The maximum atomic E-state index is 4.79. The Balaban J connectivity index is 1.33. The Morgan fingerprint density at radius 3 is 1.59 bits per heavy atom. The molecule has 0 N–H and O–H groups in total. The van der Waals surface area contributed by atoms with Gasteiger partial charge in [0.25, 0.3) is 0 Å². The summed E-state index contributed by atoms with van der Waals surface area (Å²) >= 11 is 0. The van der Waals surface area contributed by atoms with Gasteiger partial charge in [-0.3, -0.25) is 0 Å². The van der Waals surface area contributed by atoms with Crippen LogP contribution in [0, 0.1) is 6.92 Å². The minimum absolute atomic E-state index is 0.450. The van der Waals surface area contributed by atoms with Gasteiger partial charge in [-0.1, -0.05) is 117 Å². The van der Waals surface area contributed by atoms with Crippen LogP contribution in [0.15, 0.2) is 134 Å². The summed E-state index contributed by atoms with van der Waals surface area (Å²) in [7, 11) is 0. The van der Waals surface area contributed by atoms with Crippen LogP contribution in [-0.2, 0) is 0 Å². The van der Waals surface area contributed by atoms with Gasteiger partial charge in [0.2, 0.25) is 0 Å². The molecule has 0 unspecified atom stereocenters. The molecule has 1 heterocycles. The van der Waals surface area contributed by atoms with Crippen molar-refractivity contribution in [1.82, 2.24) is 9.97 Å². The molecule has 0 amide bonds. The van der Waals surface area contributed by atoms with Gasteiger partial charge >= 0.3 is 0 Å². The topological polar surface area (TPSA) is 25.8 Å². The molecule has 7 aromatic rings. The first-order valence-electron chi connectivity index (χ1n) is 15.3. The second-order valence-electron chi connectivity index (χ2n) is 12.1. The maximum absolute atomic E-state index is 4.79. The lowest BCUT2D eigenvalue weighted by Crippen LogP contribution is -1.97. The highest BCUT2D eigenvalue weighted by Gasteiger charge is 2.22. The summed E-state index contributed by atoms with van der Waals surface area (Å²) < 4.78 is 0. The van der Waals surface area contributed by atoms with Gasteiger partial charge in [-0.05, 0) is 104 Å². The first kappa shape index (κ1) is 26.3. The van der Waals surface area contributed by atoms with Gasteiger partial charge in [-0.25, -0.2) is 9.97 Å². The highest BCUT2D eigenvalue weighted by molar-refractivity contribution is 6.04. The van der Waals surface area contributed by atoms with Crippen molar-refractivity contribution in [2.45, 2.75) is 26.7 Å². The molecular formula is C42H32N2. The van der Waals surface area contributed by atoms with Gasteiger partial charge in [0.1, 0.15) is 6.33 Å². The summed E-state index contributed by atoms with van der Waals surface area (Å²) in [5.41, 5.74) is 18.0. The molecule has 8 rings (SSSR count). The molecule has 1 aliphatic rings. The highest BCUT2D eigenvalue weighted by Crippen LogP contribution is 2.48. The molecule has 0 saturated heterocycles. The fourth-order valence-electron chi connectivity index (χ4n) is 6.79. The minimum Gasteiger partial charge on any atom is -0.236 e. The summed E-state index contributed by atoms with van der Waals surface area (Å²) in [6.07, 6.45) is 1.70. The zero-order chi connectivity index (χ0) is 29.8. The number of hydrogen-bond donors (Lipinski definition) is 0. The maximum Gasteiger partial charge on any atom is 0.116 e. The molecule has 0 spiro atoms. The van der Waals surface area contributed by atoms with E-state index in [-0.39, 0.29) is 0 Å². The second kappa shape index (κ2) is 10.4. The molecular weight excluding hydrogens is 532 g/mol. The van der Waals surface area contributed by atoms with E-state index in [9.17, 15) is 0 Å². The molecule has 2 nitrogen and oxygen atoms in total. The van der Waals surface area contributed by atoms with Crippen LogP contribution in [0.5, 0.6) is 0 Å². The molecule has 0 atom stereocenters. The van der Waals surface area contributed by atoms with E-state index in [0.29, 0.717) is 5.92 Å². The van der Waals surface area contributed by atoms with Crippen molar-refractivity contribution in [3.63, 3.8) is 0 Å². The van der Waals surface area contributed by atoms with E-state index in [1.54, 1.807) is 6.33 Å². The molecule has 0 bridgehead atoms. The van der Waals surface area contributed by atoms with Crippen molar-refractivity contribution < 1.29 is 0 Å². The normalized spacial score (nSPS) is 11.7. The predicted molar refractivity (Wildman–Crippen MR) is 185 cm³/mol. The van der Waals surface area contributed by atoms with E-state index in [1.807, 2.05) is 0 Å².